The van der Waals surface area contributed by atoms with Crippen LogP contribution in [0.3, 0.4) is 0 Å². The third-order valence-corrected chi connectivity index (χ3v) is 6.17. The lowest BCUT2D eigenvalue weighted by Gasteiger charge is -2.18. The van der Waals surface area contributed by atoms with Crippen molar-refractivity contribution in [3.63, 3.8) is 0 Å². The molecule has 3 N–H and O–H groups in total. The van der Waals surface area contributed by atoms with E-state index in [-0.39, 0.29) is 36.4 Å². The molecule has 0 aromatic carbocycles. The van der Waals surface area contributed by atoms with Crippen molar-refractivity contribution in [1.29, 1.82) is 0 Å². The first kappa shape index (κ1) is 25.0. The summed E-state index contributed by atoms with van der Waals surface area (Å²) < 4.78 is 20.5. The molecule has 35 heavy (non-hydrogen) atoms. The Bertz CT molecular complexity index is 1290. The van der Waals surface area contributed by atoms with Gasteiger partial charge in [0.15, 0.2) is 18.2 Å². The Morgan fingerprint density at radius 3 is 2.91 bits per heavy atom. The van der Waals surface area contributed by atoms with Gasteiger partial charge in [0.25, 0.3) is 11.5 Å². The van der Waals surface area contributed by atoms with Crippen molar-refractivity contribution in [1.82, 2.24) is 24.8 Å². The van der Waals surface area contributed by atoms with Gasteiger partial charge in [0.2, 0.25) is 0 Å². The molecule has 0 radical (unpaired) electrons. The van der Waals surface area contributed by atoms with Gasteiger partial charge in [-0.05, 0) is 18.2 Å². The molecule has 5 rings (SSSR count). The number of aromatic nitrogens is 3. The molecule has 2 aliphatic heterocycles. The summed E-state index contributed by atoms with van der Waals surface area (Å²) in [5, 5.41) is 16.5. The number of carbonyl (C=O) groups is 1. The van der Waals surface area contributed by atoms with Gasteiger partial charge < -0.3 is 25.0 Å². The molecule has 0 spiro atoms. The molecule has 0 unspecified atom stereocenters. The first-order chi connectivity index (χ1) is 16.5. The van der Waals surface area contributed by atoms with E-state index in [4.69, 9.17) is 4.74 Å². The maximum absolute atomic E-state index is 13.7. The number of likely N-dealkylation sites (tertiary alicyclic amines) is 1. The lowest BCUT2D eigenvalue weighted by atomic mass is 10.1. The minimum atomic E-state index is -0.500. The number of nitrogens with one attached hydrogen (secondary N) is 2. The molecule has 1 fully saturated rings. The van der Waals surface area contributed by atoms with E-state index in [9.17, 15) is 19.1 Å². The van der Waals surface area contributed by atoms with Gasteiger partial charge in [-0.1, -0.05) is 0 Å². The highest BCUT2D eigenvalue weighted by Gasteiger charge is 2.30. The number of fused-ring (bicyclic) bond motifs is 2. The molecule has 2 aliphatic rings. The van der Waals surface area contributed by atoms with Crippen LogP contribution < -0.4 is 20.9 Å². The highest BCUT2D eigenvalue weighted by molar-refractivity contribution is 5.94. The summed E-state index contributed by atoms with van der Waals surface area (Å²) in [6.45, 7) is 3.15. The molecule has 3 aromatic rings. The van der Waals surface area contributed by atoms with Crippen molar-refractivity contribution in [2.75, 3.05) is 38.1 Å². The zero-order valence-corrected chi connectivity index (χ0v) is 19.6. The van der Waals surface area contributed by atoms with Crippen molar-refractivity contribution in [3.8, 4) is 5.75 Å². The molecule has 12 heteroatoms. The number of anilines is 1. The lowest BCUT2D eigenvalue weighted by molar-refractivity contribution is -0.118. The fraction of sp³-hybridized carbons (Fsp3) is 0.391. The third kappa shape index (κ3) is 5.59. The van der Waals surface area contributed by atoms with Crippen molar-refractivity contribution in [3.05, 3.63) is 58.4 Å². The Morgan fingerprint density at radius 2 is 2.06 bits per heavy atom. The number of hydrogen-bond acceptors (Lipinski definition) is 8. The molecule has 2 atom stereocenters. The maximum atomic E-state index is 13.7. The Kier molecular flexibility index (Phi) is 7.60. The van der Waals surface area contributed by atoms with Crippen LogP contribution in [0.15, 0.2) is 41.3 Å². The number of aliphatic hydroxyl groups excluding tert-OH is 1. The molecular weight excluding hydrogens is 479 g/mol. The molecule has 0 aliphatic carbocycles. The number of rotatable bonds is 7. The number of amides is 1. The normalized spacial score (nSPS) is 19.7. The van der Waals surface area contributed by atoms with Gasteiger partial charge in [-0.2, -0.15) is 0 Å². The molecule has 3 aromatic heterocycles. The standard InChI is InChI=1S/C23H25FN6O4.ClH/c24-15-7-18-17(26-9-15)2-4-22(33)30(18)6-5-29-11-14(19(31)12-29)8-25-10-16-1-3-20-23(27-16)28-21(32)13-34-20;/h1-4,7,9,14,19,25,31H,5-6,8,10-13H2,(H,27,28,32);1H/t14-,19+;/m0./s1. The molecule has 1 amide bonds. The van der Waals surface area contributed by atoms with Crippen molar-refractivity contribution < 1.29 is 19.0 Å². The minimum absolute atomic E-state index is 0. The van der Waals surface area contributed by atoms with Crippen LogP contribution in [0.2, 0.25) is 0 Å². The first-order valence-corrected chi connectivity index (χ1v) is 11.1. The van der Waals surface area contributed by atoms with Gasteiger partial charge in [-0.15, -0.1) is 12.4 Å². The number of β-amino-alcohol motifs (C(OH)–C–C–N with tert-alkyl or cyclic N) is 1. The predicted molar refractivity (Wildman–Crippen MR) is 129 cm³/mol. The molecule has 0 saturated carbocycles. The zero-order valence-electron chi connectivity index (χ0n) is 18.8. The monoisotopic (exact) mass is 504 g/mol. The summed E-state index contributed by atoms with van der Waals surface area (Å²) in [7, 11) is 0. The van der Waals surface area contributed by atoms with E-state index in [1.54, 1.807) is 12.1 Å². The van der Waals surface area contributed by atoms with Crippen molar-refractivity contribution in [2.24, 2.45) is 5.92 Å². The van der Waals surface area contributed by atoms with Crippen LogP contribution in [-0.2, 0) is 17.9 Å². The van der Waals surface area contributed by atoms with E-state index >= 15 is 0 Å². The smallest absolute Gasteiger partial charge is 0.263 e. The SMILES string of the molecule is Cl.O=C1COc2ccc(CNC[C@H]3CN(CCn4c(=O)ccc5ncc(F)cc54)C[C@H]3O)nc2N1. The van der Waals surface area contributed by atoms with E-state index in [1.807, 2.05) is 6.07 Å². The van der Waals surface area contributed by atoms with Gasteiger partial charge >= 0.3 is 0 Å². The average Bonchev–Trinajstić information content (AvgIpc) is 3.17. The number of hydrogen-bond donors (Lipinski definition) is 3. The molecule has 10 nitrogen and oxygen atoms in total. The average molecular weight is 505 g/mol. The minimum Gasteiger partial charge on any atom is -0.480 e. The fourth-order valence-electron chi connectivity index (χ4n) is 4.43. The molecule has 186 valence electrons. The number of carbonyl (C=O) groups excluding carboxylic acids is 1. The third-order valence-electron chi connectivity index (χ3n) is 6.17. The highest BCUT2D eigenvalue weighted by atomic mass is 35.5. The Labute approximate surface area is 206 Å². The summed E-state index contributed by atoms with van der Waals surface area (Å²) >= 11 is 0. The summed E-state index contributed by atoms with van der Waals surface area (Å²) in [4.78, 5) is 34.4. The number of nitrogens with zero attached hydrogens (tertiary/aromatic N) is 4. The van der Waals surface area contributed by atoms with E-state index in [1.165, 1.54) is 16.7 Å². The Morgan fingerprint density at radius 1 is 1.20 bits per heavy atom. The van der Waals surface area contributed by atoms with Crippen LogP contribution in [-0.4, -0.2) is 69.3 Å². The fourth-order valence-corrected chi connectivity index (χ4v) is 4.43. The van der Waals surface area contributed by atoms with Crippen LogP contribution >= 0.6 is 12.4 Å². The number of ether oxygens (including phenoxy) is 1. The molecule has 0 bridgehead atoms. The number of aliphatic hydroxyl groups is 1. The second kappa shape index (κ2) is 10.6. The van der Waals surface area contributed by atoms with Crippen LogP contribution in [0.5, 0.6) is 5.75 Å². The predicted octanol–water partition coefficient (Wildman–Crippen LogP) is 0.766. The van der Waals surface area contributed by atoms with Gasteiger partial charge in [-0.25, -0.2) is 9.37 Å². The van der Waals surface area contributed by atoms with Crippen molar-refractivity contribution in [2.45, 2.75) is 19.2 Å². The second-order valence-electron chi connectivity index (χ2n) is 8.59. The Balaban J connectivity index is 0.00000289. The topological polar surface area (TPSA) is 122 Å². The maximum Gasteiger partial charge on any atom is 0.263 e. The van der Waals surface area contributed by atoms with E-state index in [2.05, 4.69) is 25.5 Å². The molecular formula is C23H26ClFN6O4. The summed E-state index contributed by atoms with van der Waals surface area (Å²) in [5.41, 5.74) is 1.57. The Hall–Kier alpha value is -3.12. The van der Waals surface area contributed by atoms with Crippen LogP contribution in [0.4, 0.5) is 10.2 Å². The van der Waals surface area contributed by atoms with Gasteiger partial charge in [0.1, 0.15) is 5.82 Å². The van der Waals surface area contributed by atoms with E-state index < -0.39 is 11.9 Å². The van der Waals surface area contributed by atoms with Crippen LogP contribution in [0, 0.1) is 11.7 Å². The molecule has 1 saturated heterocycles. The van der Waals surface area contributed by atoms with Crippen molar-refractivity contribution >= 4 is 35.2 Å². The van der Waals surface area contributed by atoms with E-state index in [0.29, 0.717) is 61.9 Å². The zero-order chi connectivity index (χ0) is 23.7. The van der Waals surface area contributed by atoms with Gasteiger partial charge in [0, 0.05) is 57.3 Å². The second-order valence-corrected chi connectivity index (χ2v) is 8.59. The van der Waals surface area contributed by atoms with Crippen LogP contribution in [0.25, 0.3) is 11.0 Å². The molecule has 5 heterocycles. The quantitative estimate of drug-likeness (QED) is 0.431. The first-order valence-electron chi connectivity index (χ1n) is 11.1. The number of pyridine rings is 3. The lowest BCUT2D eigenvalue weighted by Crippen LogP contribution is -2.31. The van der Waals surface area contributed by atoms with Gasteiger partial charge in [-0.3, -0.25) is 19.5 Å². The summed E-state index contributed by atoms with van der Waals surface area (Å²) in [6.07, 6.45) is 0.634. The van der Waals surface area contributed by atoms with Gasteiger partial charge in [0.05, 0.1) is 29.0 Å². The largest absolute Gasteiger partial charge is 0.480 e. The summed E-state index contributed by atoms with van der Waals surface area (Å²) in [6, 6.07) is 7.96. The summed E-state index contributed by atoms with van der Waals surface area (Å²) in [5.74, 6) is 0.267. The highest BCUT2D eigenvalue weighted by Crippen LogP contribution is 2.25. The number of halogens is 2. The van der Waals surface area contributed by atoms with Crippen LogP contribution in [0.1, 0.15) is 5.69 Å². The van der Waals surface area contributed by atoms with E-state index in [0.717, 1.165) is 11.9 Å².